The minimum Gasteiger partial charge on any atom is -0.477 e. The molecule has 1 atom stereocenters. The van der Waals surface area contributed by atoms with Gasteiger partial charge in [-0.15, -0.1) is 0 Å². The van der Waals surface area contributed by atoms with Crippen LogP contribution in [-0.2, 0) is 16.6 Å². The molecule has 1 aromatic heterocycles. The Morgan fingerprint density at radius 1 is 1.48 bits per heavy atom. The van der Waals surface area contributed by atoms with E-state index in [0.29, 0.717) is 19.6 Å². The third-order valence-corrected chi connectivity index (χ3v) is 4.93. The van der Waals surface area contributed by atoms with Gasteiger partial charge in [0.05, 0.1) is 6.26 Å². The van der Waals surface area contributed by atoms with E-state index in [2.05, 4.69) is 0 Å². The summed E-state index contributed by atoms with van der Waals surface area (Å²) >= 11 is 0. The lowest BCUT2D eigenvalue weighted by Gasteiger charge is -2.31. The van der Waals surface area contributed by atoms with E-state index < -0.39 is 21.6 Å². The van der Waals surface area contributed by atoms with Crippen molar-refractivity contribution < 1.29 is 18.3 Å². The van der Waals surface area contributed by atoms with E-state index in [1.807, 2.05) is 0 Å². The van der Waals surface area contributed by atoms with Crippen LogP contribution < -0.4 is 5.56 Å². The lowest BCUT2D eigenvalue weighted by molar-refractivity contribution is 0.0694. The summed E-state index contributed by atoms with van der Waals surface area (Å²) in [4.78, 5) is 23.0. The molecule has 0 amide bonds. The number of carbonyl (C=O) groups is 1. The summed E-state index contributed by atoms with van der Waals surface area (Å²) in [6.45, 7) is 1.19. The minimum atomic E-state index is -3.23. The van der Waals surface area contributed by atoms with E-state index in [-0.39, 0.29) is 11.5 Å². The molecule has 7 nitrogen and oxygen atoms in total. The summed E-state index contributed by atoms with van der Waals surface area (Å²) in [5.74, 6) is -1.24. The molecule has 1 fully saturated rings. The van der Waals surface area contributed by atoms with Gasteiger partial charge in [-0.1, -0.05) is 0 Å². The Morgan fingerprint density at radius 3 is 2.81 bits per heavy atom. The number of hydrogen-bond donors (Lipinski definition) is 1. The van der Waals surface area contributed by atoms with E-state index >= 15 is 0 Å². The first-order valence-corrected chi connectivity index (χ1v) is 8.51. The normalized spacial score (nSPS) is 20.3. The SMILES string of the molecule is CS(=O)(=O)N1CCCC(Cn2cccc(C(=O)O)c2=O)C1. The van der Waals surface area contributed by atoms with Gasteiger partial charge in [0.1, 0.15) is 5.56 Å². The molecule has 116 valence electrons. The predicted molar refractivity (Wildman–Crippen MR) is 76.8 cm³/mol. The molecule has 0 spiro atoms. The van der Waals surface area contributed by atoms with E-state index in [1.165, 1.54) is 33.5 Å². The van der Waals surface area contributed by atoms with Crippen LogP contribution in [-0.4, -0.2) is 47.7 Å². The van der Waals surface area contributed by atoms with Crippen molar-refractivity contribution in [3.63, 3.8) is 0 Å². The summed E-state index contributed by atoms with van der Waals surface area (Å²) < 4.78 is 25.9. The summed E-state index contributed by atoms with van der Waals surface area (Å²) in [5, 5.41) is 8.94. The number of aromatic nitrogens is 1. The molecule has 0 saturated carbocycles. The molecule has 1 saturated heterocycles. The molecular weight excluding hydrogens is 296 g/mol. The number of aromatic carboxylic acids is 1. The molecule has 0 radical (unpaired) electrons. The summed E-state index contributed by atoms with van der Waals surface area (Å²) in [6.07, 6.45) is 4.27. The Balaban J connectivity index is 2.17. The second-order valence-electron chi connectivity index (χ2n) is 5.31. The molecule has 2 rings (SSSR count). The van der Waals surface area contributed by atoms with Crippen molar-refractivity contribution in [2.75, 3.05) is 19.3 Å². The first-order chi connectivity index (χ1) is 9.79. The lowest BCUT2D eigenvalue weighted by Crippen LogP contribution is -2.41. The van der Waals surface area contributed by atoms with Crippen molar-refractivity contribution in [1.82, 2.24) is 8.87 Å². The van der Waals surface area contributed by atoms with Crippen LogP contribution in [0.5, 0.6) is 0 Å². The highest BCUT2D eigenvalue weighted by atomic mass is 32.2. The molecule has 1 N–H and O–H groups in total. The predicted octanol–water partition coefficient (Wildman–Crippen LogP) is 0.218. The third-order valence-electron chi connectivity index (χ3n) is 3.66. The number of hydrogen-bond acceptors (Lipinski definition) is 4. The standard InChI is InChI=1S/C13H18N2O5S/c1-21(19,20)15-7-2-4-10(9-15)8-14-6-3-5-11(12(14)16)13(17)18/h3,5-6,10H,2,4,7-9H2,1H3,(H,17,18). The van der Waals surface area contributed by atoms with Gasteiger partial charge in [0, 0.05) is 25.8 Å². The second-order valence-corrected chi connectivity index (χ2v) is 7.30. The van der Waals surface area contributed by atoms with Gasteiger partial charge in [0.15, 0.2) is 0 Å². The van der Waals surface area contributed by atoms with Crippen LogP contribution in [0.3, 0.4) is 0 Å². The first kappa shape index (κ1) is 15.7. The summed E-state index contributed by atoms with van der Waals surface area (Å²) in [6, 6.07) is 2.78. The number of piperidine rings is 1. The van der Waals surface area contributed by atoms with Crippen molar-refractivity contribution in [2.24, 2.45) is 5.92 Å². The van der Waals surface area contributed by atoms with Gasteiger partial charge >= 0.3 is 5.97 Å². The number of carboxylic acid groups (broad SMARTS) is 1. The fraction of sp³-hybridized carbons (Fsp3) is 0.538. The van der Waals surface area contributed by atoms with E-state index in [1.54, 1.807) is 0 Å². The highest BCUT2D eigenvalue weighted by molar-refractivity contribution is 7.88. The molecule has 1 aromatic rings. The molecule has 1 aliphatic heterocycles. The third kappa shape index (κ3) is 3.70. The van der Waals surface area contributed by atoms with Crippen LogP contribution in [0.2, 0.25) is 0 Å². The van der Waals surface area contributed by atoms with Crippen molar-refractivity contribution in [3.8, 4) is 0 Å². The Bertz CT molecular complexity index is 695. The van der Waals surface area contributed by atoms with Crippen molar-refractivity contribution in [1.29, 1.82) is 0 Å². The maximum atomic E-state index is 12.0. The Kier molecular flexibility index (Phi) is 4.48. The Labute approximate surface area is 122 Å². The molecular formula is C13H18N2O5S. The fourth-order valence-electron chi connectivity index (χ4n) is 2.60. The van der Waals surface area contributed by atoms with Crippen molar-refractivity contribution in [2.45, 2.75) is 19.4 Å². The summed E-state index contributed by atoms with van der Waals surface area (Å²) in [5.41, 5.74) is -0.824. The molecule has 21 heavy (non-hydrogen) atoms. The Morgan fingerprint density at radius 2 is 2.19 bits per heavy atom. The van der Waals surface area contributed by atoms with E-state index in [9.17, 15) is 18.0 Å². The zero-order chi connectivity index (χ0) is 15.6. The van der Waals surface area contributed by atoms with Crippen LogP contribution in [0.1, 0.15) is 23.2 Å². The van der Waals surface area contributed by atoms with Gasteiger partial charge in [-0.25, -0.2) is 17.5 Å². The van der Waals surface area contributed by atoms with Crippen LogP contribution in [0, 0.1) is 5.92 Å². The highest BCUT2D eigenvalue weighted by Gasteiger charge is 2.26. The zero-order valence-electron chi connectivity index (χ0n) is 11.7. The number of pyridine rings is 1. The number of nitrogens with zero attached hydrogens (tertiary/aromatic N) is 2. The quantitative estimate of drug-likeness (QED) is 0.857. The van der Waals surface area contributed by atoms with E-state index in [4.69, 9.17) is 5.11 Å². The lowest BCUT2D eigenvalue weighted by atomic mass is 9.99. The van der Waals surface area contributed by atoms with Crippen LogP contribution in [0.25, 0.3) is 0 Å². The van der Waals surface area contributed by atoms with Crippen LogP contribution in [0.15, 0.2) is 23.1 Å². The fourth-order valence-corrected chi connectivity index (χ4v) is 3.54. The van der Waals surface area contributed by atoms with Gasteiger partial charge in [0.25, 0.3) is 5.56 Å². The molecule has 0 aliphatic carbocycles. The topological polar surface area (TPSA) is 96.7 Å². The van der Waals surface area contributed by atoms with Crippen LogP contribution in [0.4, 0.5) is 0 Å². The van der Waals surface area contributed by atoms with Crippen molar-refractivity contribution >= 4 is 16.0 Å². The first-order valence-electron chi connectivity index (χ1n) is 6.67. The largest absolute Gasteiger partial charge is 0.477 e. The number of sulfonamides is 1. The van der Waals surface area contributed by atoms with Gasteiger partial charge in [0.2, 0.25) is 10.0 Å². The maximum absolute atomic E-state index is 12.0. The van der Waals surface area contributed by atoms with Gasteiger partial charge in [-0.05, 0) is 30.9 Å². The average Bonchev–Trinajstić information content (AvgIpc) is 2.40. The maximum Gasteiger partial charge on any atom is 0.341 e. The average molecular weight is 314 g/mol. The van der Waals surface area contributed by atoms with Crippen molar-refractivity contribution in [3.05, 3.63) is 34.2 Å². The monoisotopic (exact) mass is 314 g/mol. The molecule has 8 heteroatoms. The van der Waals surface area contributed by atoms with Gasteiger partial charge in [-0.3, -0.25) is 4.79 Å². The molecule has 2 heterocycles. The number of carboxylic acids is 1. The Hall–Kier alpha value is -1.67. The second kappa shape index (κ2) is 5.98. The molecule has 0 aromatic carbocycles. The van der Waals surface area contributed by atoms with E-state index in [0.717, 1.165) is 12.8 Å². The molecule has 1 unspecified atom stereocenters. The number of rotatable bonds is 4. The molecule has 1 aliphatic rings. The minimum absolute atomic E-state index is 0.00946. The smallest absolute Gasteiger partial charge is 0.341 e. The zero-order valence-corrected chi connectivity index (χ0v) is 12.5. The van der Waals surface area contributed by atoms with Gasteiger partial charge in [-0.2, -0.15) is 0 Å². The highest BCUT2D eigenvalue weighted by Crippen LogP contribution is 2.19. The molecule has 0 bridgehead atoms. The van der Waals surface area contributed by atoms with Gasteiger partial charge < -0.3 is 9.67 Å². The summed E-state index contributed by atoms with van der Waals surface area (Å²) in [7, 11) is -3.23. The van der Waals surface area contributed by atoms with Crippen LogP contribution >= 0.6 is 0 Å².